The monoisotopic (exact) mass is 623 g/mol. The maximum atomic E-state index is 13.9. The Balaban J connectivity index is 0.000000892. The molecule has 1 aromatic heterocycles. The topological polar surface area (TPSA) is 171 Å². The van der Waals surface area contributed by atoms with Crippen LogP contribution in [0.3, 0.4) is 0 Å². The molecule has 42 heavy (non-hydrogen) atoms. The number of fused-ring (bicyclic) bond motifs is 1. The minimum absolute atomic E-state index is 0.0172. The average molecular weight is 623 g/mol. The second-order valence-electron chi connectivity index (χ2n) is 9.05. The number of carbonyl (C=O) groups is 2. The number of carbonyl (C=O) groups excluding carboxylic acids is 2. The number of rotatable bonds is 6. The predicted molar refractivity (Wildman–Crippen MR) is 134 cm³/mol. The molecule has 2 heterocycles. The molecule has 1 aliphatic rings. The molecule has 0 bridgehead atoms. The number of hydrogen-bond acceptors (Lipinski definition) is 5. The van der Waals surface area contributed by atoms with Crippen LogP contribution in [0.15, 0.2) is 42.5 Å². The van der Waals surface area contributed by atoms with E-state index in [2.05, 4.69) is 10.3 Å². The number of aromatic nitrogens is 2. The second-order valence-corrected chi connectivity index (χ2v) is 10.1. The fourth-order valence-corrected chi connectivity index (χ4v) is 4.09. The highest BCUT2D eigenvalue weighted by molar-refractivity contribution is 7.45. The van der Waals surface area contributed by atoms with Crippen molar-refractivity contribution in [2.75, 3.05) is 11.9 Å². The molecule has 1 aliphatic heterocycles. The molecule has 0 aliphatic carbocycles. The number of nitrogens with two attached hydrogens (primary N) is 1. The van der Waals surface area contributed by atoms with Gasteiger partial charge in [-0.3, -0.25) is 9.59 Å². The normalized spacial score (nSPS) is 14.0. The van der Waals surface area contributed by atoms with Gasteiger partial charge in [0.2, 0.25) is 11.7 Å². The van der Waals surface area contributed by atoms with Crippen LogP contribution in [-0.4, -0.2) is 53.5 Å². The number of anilines is 1. The largest absolute Gasteiger partial charge is 0.466 e. The third kappa shape index (κ3) is 8.87. The number of hydrogen-bond donors (Lipinski definition) is 5. The summed E-state index contributed by atoms with van der Waals surface area (Å²) in [6.45, 7) is -0.626. The Bertz CT molecular complexity index is 1490. The molecule has 0 spiro atoms. The van der Waals surface area contributed by atoms with Gasteiger partial charge in [-0.05, 0) is 30.2 Å². The van der Waals surface area contributed by atoms with E-state index in [0.29, 0.717) is 12.1 Å². The van der Waals surface area contributed by atoms with Crippen molar-refractivity contribution in [3.8, 4) is 0 Å². The Morgan fingerprint density at radius 3 is 2.21 bits per heavy atom. The number of phosphoric acid groups is 1. The summed E-state index contributed by atoms with van der Waals surface area (Å²) in [5.74, 6) is -6.38. The Hall–Kier alpha value is -3.76. The zero-order chi connectivity index (χ0) is 31.4. The molecule has 0 radical (unpaired) electrons. The lowest BCUT2D eigenvalue weighted by Gasteiger charge is -2.30. The van der Waals surface area contributed by atoms with E-state index in [1.54, 1.807) is 18.2 Å². The summed E-state index contributed by atoms with van der Waals surface area (Å²) < 4.78 is 91.1. The number of halogens is 6. The Labute approximate surface area is 233 Å². The molecule has 0 fully saturated rings. The summed E-state index contributed by atoms with van der Waals surface area (Å²) in [5.41, 5.74) is 5.91. The molecule has 0 saturated carbocycles. The van der Waals surface area contributed by atoms with E-state index in [0.717, 1.165) is 4.57 Å². The highest BCUT2D eigenvalue weighted by Gasteiger charge is 2.41. The average Bonchev–Trinajstić information content (AvgIpc) is 3.25. The van der Waals surface area contributed by atoms with Crippen LogP contribution in [0.2, 0.25) is 0 Å². The van der Waals surface area contributed by atoms with E-state index < -0.39 is 55.1 Å². The number of nitrogens with zero attached hydrogens (tertiary/aromatic N) is 3. The van der Waals surface area contributed by atoms with Crippen LogP contribution in [0.25, 0.3) is 0 Å². The number of benzene rings is 2. The zero-order valence-corrected chi connectivity index (χ0v) is 22.2. The van der Waals surface area contributed by atoms with Crippen LogP contribution in [0.4, 0.5) is 32.2 Å². The van der Waals surface area contributed by atoms with Gasteiger partial charge in [-0.2, -0.15) is 13.2 Å². The fourth-order valence-electron chi connectivity index (χ4n) is 4.09. The van der Waals surface area contributed by atoms with Gasteiger partial charge < -0.3 is 35.2 Å². The standard InChI is InChI=1S/C24H21F6N5O2.H3O4P/c25-16-11-18(27)17(26)9-14(16)8-15(31)10-20(36)34-6-7-35-19(12-34)21(33-23(35)24(28,29)30)32-22(37)13-4-2-1-3-5-13;1-5(2,3)4/h1-5,9,11,15H,6-8,10,12,31H2,(H,32,37);(H3,1,2,3,4)/t15-;/m1./s1. The first-order chi connectivity index (χ1) is 19.4. The lowest BCUT2D eigenvalue weighted by molar-refractivity contribution is -0.148. The van der Waals surface area contributed by atoms with Crippen LogP contribution in [0.5, 0.6) is 0 Å². The van der Waals surface area contributed by atoms with E-state index in [9.17, 15) is 35.9 Å². The fraction of sp³-hybridized carbons (Fsp3) is 0.292. The van der Waals surface area contributed by atoms with E-state index in [1.807, 2.05) is 0 Å². The smallest absolute Gasteiger partial charge is 0.335 e. The highest BCUT2D eigenvalue weighted by atomic mass is 31.2. The lowest BCUT2D eigenvalue weighted by atomic mass is 10.0. The minimum atomic E-state index is -4.80. The van der Waals surface area contributed by atoms with Crippen molar-refractivity contribution in [1.82, 2.24) is 14.5 Å². The molecular weight excluding hydrogens is 599 g/mol. The van der Waals surface area contributed by atoms with Gasteiger partial charge >= 0.3 is 14.0 Å². The van der Waals surface area contributed by atoms with Gasteiger partial charge in [0.25, 0.3) is 5.91 Å². The van der Waals surface area contributed by atoms with Crippen LogP contribution >= 0.6 is 7.82 Å². The molecule has 0 unspecified atom stereocenters. The molecule has 1 atom stereocenters. The first kappa shape index (κ1) is 32.8. The minimum Gasteiger partial charge on any atom is -0.335 e. The summed E-state index contributed by atoms with van der Waals surface area (Å²) in [4.78, 5) is 51.8. The Morgan fingerprint density at radius 2 is 1.62 bits per heavy atom. The summed E-state index contributed by atoms with van der Waals surface area (Å²) in [5, 5.41) is 2.39. The molecular formula is C24H24F6N5O6P. The Kier molecular flexibility index (Phi) is 10.2. The maximum absolute atomic E-state index is 13.9. The molecule has 4 rings (SSSR count). The van der Waals surface area contributed by atoms with Crippen LogP contribution in [0, 0.1) is 17.5 Å². The number of nitrogens with one attached hydrogen (secondary N) is 1. The summed E-state index contributed by atoms with van der Waals surface area (Å²) in [7, 11) is -4.64. The lowest BCUT2D eigenvalue weighted by Crippen LogP contribution is -2.42. The van der Waals surface area contributed by atoms with Crippen molar-refractivity contribution in [1.29, 1.82) is 0 Å². The summed E-state index contributed by atoms with van der Waals surface area (Å²) >= 11 is 0. The molecule has 228 valence electrons. The van der Waals surface area contributed by atoms with E-state index in [-0.39, 0.29) is 55.1 Å². The van der Waals surface area contributed by atoms with E-state index in [1.165, 1.54) is 17.0 Å². The van der Waals surface area contributed by atoms with Crippen LogP contribution in [-0.2, 0) is 35.0 Å². The van der Waals surface area contributed by atoms with Gasteiger partial charge in [-0.15, -0.1) is 0 Å². The molecule has 6 N–H and O–H groups in total. The van der Waals surface area contributed by atoms with Crippen molar-refractivity contribution in [3.63, 3.8) is 0 Å². The third-order valence-electron chi connectivity index (χ3n) is 5.89. The van der Waals surface area contributed by atoms with Crippen molar-refractivity contribution in [3.05, 3.63) is 82.6 Å². The SMILES string of the molecule is N[C@@H](CC(=O)N1CCn2c(C(F)(F)F)nc(NC(=O)c3ccccc3)c2C1)Cc1cc(F)c(F)cc1F.O=P(O)(O)O. The van der Waals surface area contributed by atoms with Crippen LogP contribution in [0.1, 0.15) is 33.9 Å². The van der Waals surface area contributed by atoms with E-state index >= 15 is 0 Å². The zero-order valence-electron chi connectivity index (χ0n) is 21.4. The summed E-state index contributed by atoms with van der Waals surface area (Å²) in [6.07, 6.45) is -5.39. The third-order valence-corrected chi connectivity index (χ3v) is 5.89. The summed E-state index contributed by atoms with van der Waals surface area (Å²) in [6, 6.07) is 7.89. The maximum Gasteiger partial charge on any atom is 0.466 e. The number of alkyl halides is 3. The molecule has 18 heteroatoms. The van der Waals surface area contributed by atoms with E-state index in [4.69, 9.17) is 25.0 Å². The number of imidazole rings is 1. The Morgan fingerprint density at radius 1 is 1.02 bits per heavy atom. The molecule has 3 aromatic rings. The number of amides is 2. The van der Waals surface area contributed by atoms with Gasteiger partial charge in [0.05, 0.1) is 12.2 Å². The van der Waals surface area contributed by atoms with Gasteiger partial charge in [-0.25, -0.2) is 22.7 Å². The molecule has 2 aromatic carbocycles. The van der Waals surface area contributed by atoms with Gasteiger partial charge in [0.15, 0.2) is 17.5 Å². The van der Waals surface area contributed by atoms with Gasteiger partial charge in [0.1, 0.15) is 5.82 Å². The van der Waals surface area contributed by atoms with Gasteiger partial charge in [0, 0.05) is 37.2 Å². The van der Waals surface area contributed by atoms with Gasteiger partial charge in [-0.1, -0.05) is 18.2 Å². The van der Waals surface area contributed by atoms with Crippen molar-refractivity contribution < 1.29 is 55.2 Å². The molecule has 11 nitrogen and oxygen atoms in total. The highest BCUT2D eigenvalue weighted by Crippen LogP contribution is 2.34. The van der Waals surface area contributed by atoms with Crippen LogP contribution < -0.4 is 11.1 Å². The predicted octanol–water partition coefficient (Wildman–Crippen LogP) is 2.95. The first-order valence-electron chi connectivity index (χ1n) is 11.9. The quantitative estimate of drug-likeness (QED) is 0.159. The molecule has 0 saturated heterocycles. The molecule has 2 amide bonds. The first-order valence-corrected chi connectivity index (χ1v) is 13.5. The van der Waals surface area contributed by atoms with Crippen molar-refractivity contribution in [2.45, 2.75) is 38.1 Å². The van der Waals surface area contributed by atoms with Crippen molar-refractivity contribution >= 4 is 25.5 Å². The second kappa shape index (κ2) is 13.0. The van der Waals surface area contributed by atoms with Crippen molar-refractivity contribution in [2.24, 2.45) is 5.73 Å².